The van der Waals surface area contributed by atoms with Crippen molar-refractivity contribution in [3.8, 4) is 28.6 Å². The molecule has 27 nitrogen and oxygen atoms in total. The van der Waals surface area contributed by atoms with Gasteiger partial charge in [0, 0.05) is 154 Å². The monoisotopic (exact) mass is 2000 g/mol. The van der Waals surface area contributed by atoms with Crippen molar-refractivity contribution in [1.82, 2.24) is 59.1 Å². The first-order valence-electron chi connectivity index (χ1n) is 49.0. The number of amides is 6. The number of nitrogens with one attached hydrogen (secondary N) is 3. The molecule has 30 heteroatoms. The molecule has 145 heavy (non-hydrogen) atoms. The SMILES string of the molecule is CCN(CC)C(=O)C(=O)c1cn(CC(=O)N2CCCc3ccccc32)c2ccccc12.COc1ccc(CCNC(=O)c2ccc(-n3c(C)cc4c3CCCC4)cc2)cc1OC.Cc1cccc(C)c1NC(=O)COc1cc(C(=O)O)nc2ccccc12.Cc1nnc(SCC(=O)N[C@H](C)c2cnn(-c3cccc4ccccc34)c2C)s1.O=C(CCCc1cn(Cc2ccccc2Cl)c2ccccc12)N1CCOCC1. The summed E-state index contributed by atoms with van der Waals surface area (Å²) in [5.74, 6) is -0.366. The van der Waals surface area contributed by atoms with E-state index in [1.165, 1.54) is 97.7 Å². The molecule has 8 heterocycles. The van der Waals surface area contributed by atoms with Crippen molar-refractivity contribution in [3.63, 3.8) is 0 Å². The number of fused-ring (bicyclic) bond motifs is 6. The summed E-state index contributed by atoms with van der Waals surface area (Å²) in [4.78, 5) is 109. The van der Waals surface area contributed by atoms with Crippen molar-refractivity contribution in [3.05, 3.63) is 344 Å². The number of halogens is 1. The smallest absolute Gasteiger partial charge is 0.354 e. The van der Waals surface area contributed by atoms with Gasteiger partial charge in [0.05, 0.1) is 62.2 Å². The number of morpholine rings is 1. The second-order valence-electron chi connectivity index (χ2n) is 35.7. The lowest BCUT2D eigenvalue weighted by molar-refractivity contribution is -0.135. The number of aromatic nitrogens is 8. The second-order valence-corrected chi connectivity index (χ2v) is 38.6. The molecule has 0 bridgehead atoms. The number of carboxylic acids is 1. The maximum absolute atomic E-state index is 13.2. The molecule has 0 saturated carbocycles. The van der Waals surface area contributed by atoms with E-state index in [1.54, 1.807) is 49.2 Å². The van der Waals surface area contributed by atoms with E-state index in [0.717, 1.165) is 140 Å². The van der Waals surface area contributed by atoms with Crippen LogP contribution in [0.2, 0.25) is 5.02 Å². The number of carbonyl (C=O) groups excluding carboxylic acids is 7. The van der Waals surface area contributed by atoms with E-state index < -0.39 is 17.7 Å². The minimum absolute atomic E-state index is 0.0260. The lowest BCUT2D eigenvalue weighted by Gasteiger charge is -2.29. The quantitative estimate of drug-likeness (QED) is 0.0185. The van der Waals surface area contributed by atoms with E-state index in [2.05, 4.69) is 125 Å². The van der Waals surface area contributed by atoms with Crippen molar-refractivity contribution in [2.45, 2.75) is 143 Å². The second kappa shape index (κ2) is 49.8. The van der Waals surface area contributed by atoms with Crippen molar-refractivity contribution >= 4 is 137 Å². The molecule has 16 aromatic rings. The third-order valence-corrected chi connectivity index (χ3v) is 28.4. The molecular weight excluding hydrogens is 1880 g/mol. The van der Waals surface area contributed by atoms with Crippen molar-refractivity contribution in [2.24, 2.45) is 0 Å². The van der Waals surface area contributed by atoms with E-state index >= 15 is 0 Å². The summed E-state index contributed by atoms with van der Waals surface area (Å²) in [6, 6.07) is 76.3. The Kier molecular flexibility index (Phi) is 35.8. The Morgan fingerprint density at radius 3 is 2.01 bits per heavy atom. The number of carboxylic acid groups (broad SMARTS) is 1. The number of para-hydroxylation sites is 5. The zero-order valence-electron chi connectivity index (χ0n) is 83.3. The van der Waals surface area contributed by atoms with Gasteiger partial charge >= 0.3 is 5.97 Å². The Hall–Kier alpha value is -15.0. The van der Waals surface area contributed by atoms with Crippen LogP contribution in [0.5, 0.6) is 17.2 Å². The molecule has 0 radical (unpaired) electrons. The molecule has 1 aliphatic carbocycles. The third kappa shape index (κ3) is 26.0. The number of hydrogen-bond donors (Lipinski definition) is 4. The van der Waals surface area contributed by atoms with E-state index in [9.17, 15) is 43.5 Å². The molecule has 2 aliphatic heterocycles. The van der Waals surface area contributed by atoms with Gasteiger partial charge in [-0.05, 0) is 242 Å². The number of thioether (sulfide) groups is 1. The van der Waals surface area contributed by atoms with Crippen LogP contribution < -0.4 is 35.1 Å². The number of Topliss-reactive ketones (excluding diaryl/α,β-unsaturated/α-hetero) is 1. The number of pyridine rings is 1. The van der Waals surface area contributed by atoms with Crippen LogP contribution >= 0.6 is 34.7 Å². The lowest BCUT2D eigenvalue weighted by atomic mass is 9.98. The molecule has 4 N–H and O–H groups in total. The van der Waals surface area contributed by atoms with Crippen LogP contribution in [0, 0.1) is 34.6 Å². The zero-order chi connectivity index (χ0) is 102. The number of anilines is 2. The van der Waals surface area contributed by atoms with Gasteiger partial charge in [0.2, 0.25) is 17.7 Å². The summed E-state index contributed by atoms with van der Waals surface area (Å²) < 4.78 is 30.7. The number of methoxy groups -OCH3 is 2. The van der Waals surface area contributed by atoms with Crippen molar-refractivity contribution in [2.75, 3.05) is 89.3 Å². The largest absolute Gasteiger partial charge is 0.493 e. The first-order chi connectivity index (χ1) is 70.3. The summed E-state index contributed by atoms with van der Waals surface area (Å²) in [6.45, 7) is 21.2. The van der Waals surface area contributed by atoms with E-state index in [1.807, 2.05) is 209 Å². The van der Waals surface area contributed by atoms with Crippen molar-refractivity contribution in [1.29, 1.82) is 0 Å². The van der Waals surface area contributed by atoms with E-state index in [4.69, 9.17) is 30.5 Å². The highest BCUT2D eigenvalue weighted by molar-refractivity contribution is 8.01. The maximum Gasteiger partial charge on any atom is 0.354 e. The third-order valence-electron chi connectivity index (χ3n) is 26.1. The first kappa shape index (κ1) is 104. The van der Waals surface area contributed by atoms with Gasteiger partial charge in [-0.2, -0.15) is 5.10 Å². The average Bonchev–Trinajstić information content (AvgIpc) is 1.69. The molecule has 1 atom stereocenters. The van der Waals surface area contributed by atoms with Gasteiger partial charge in [0.25, 0.3) is 23.5 Å². The number of hydrogen-bond acceptors (Lipinski definition) is 18. The minimum atomic E-state index is -1.15. The minimum Gasteiger partial charge on any atom is -0.493 e. The Labute approximate surface area is 857 Å². The lowest BCUT2D eigenvalue weighted by Crippen LogP contribution is -2.40. The van der Waals surface area contributed by atoms with Crippen molar-refractivity contribution < 1.29 is 62.4 Å². The topological polar surface area (TPSA) is 311 Å². The Bertz CT molecular complexity index is 7310. The predicted octanol–water partition coefficient (Wildman–Crippen LogP) is 20.9. The average molecular weight is 2010 g/mol. The molecule has 6 aromatic heterocycles. The van der Waals surface area contributed by atoms with Crippen LogP contribution in [-0.4, -0.2) is 180 Å². The molecule has 10 aromatic carbocycles. The normalized spacial score (nSPS) is 12.7. The van der Waals surface area contributed by atoms with Crippen LogP contribution in [0.15, 0.2) is 260 Å². The van der Waals surface area contributed by atoms with Crippen LogP contribution in [0.3, 0.4) is 0 Å². The number of aryl methyl sites for hydroxylation is 7. The molecule has 0 unspecified atom stereocenters. The number of rotatable bonds is 30. The molecule has 6 amide bonds. The number of likely N-dealkylation sites (N-methyl/N-ethyl adjacent to an activating group) is 1. The number of carbonyl (C=O) groups is 8. The van der Waals surface area contributed by atoms with Crippen LogP contribution in [-0.2, 0) is 73.9 Å². The number of benzene rings is 10. The van der Waals surface area contributed by atoms with Gasteiger partial charge in [0.15, 0.2) is 28.1 Å². The predicted molar refractivity (Wildman–Crippen MR) is 573 cm³/mol. The fourth-order valence-corrected chi connectivity index (χ4v) is 20.5. The molecule has 0 spiro atoms. The molecule has 1 fully saturated rings. The van der Waals surface area contributed by atoms with E-state index in [0.29, 0.717) is 96.2 Å². The fourth-order valence-electron chi connectivity index (χ4n) is 18.7. The maximum atomic E-state index is 13.2. The first-order valence-corrected chi connectivity index (χ1v) is 51.2. The van der Waals surface area contributed by atoms with Gasteiger partial charge in [-0.1, -0.05) is 180 Å². The zero-order valence-corrected chi connectivity index (χ0v) is 85.7. The molecule has 748 valence electrons. The molecule has 3 aliphatic rings. The molecule has 1 saturated heterocycles. The van der Waals surface area contributed by atoms with Crippen LogP contribution in [0.1, 0.15) is 157 Å². The summed E-state index contributed by atoms with van der Waals surface area (Å²) >= 11 is 9.26. The summed E-state index contributed by atoms with van der Waals surface area (Å²) in [7, 11) is 3.24. The molecule has 19 rings (SSSR count). The highest BCUT2D eigenvalue weighted by Gasteiger charge is 2.30. The van der Waals surface area contributed by atoms with Gasteiger partial charge in [0.1, 0.15) is 17.3 Å². The Balaban J connectivity index is 0.000000136. The van der Waals surface area contributed by atoms with E-state index in [-0.39, 0.29) is 54.4 Å². The number of ketones is 1. The number of nitrogens with zero attached hydrogens (tertiary/aromatic N) is 11. The number of aromatic carboxylic acids is 1. The van der Waals surface area contributed by atoms with Gasteiger partial charge in [-0.3, -0.25) is 33.6 Å². The standard InChI is InChI=1S/C26H30N2O3.C25H27N3O3.C23H25ClN2O2.C21H21N5OS2.C20H18N2O4/c1-18-16-21-6-4-5-7-23(21)28(18)22-11-9-20(10-12-22)26(29)27-15-14-19-8-13-24(30-2)25(17-19)31-3;1-3-26(4-2)25(31)24(30)20-16-27(22-14-8-6-12-19(20)22)17-23(29)28-15-9-11-18-10-5-7-13-21(18)28;24-21-9-3-1-6-19(21)17-26-16-18(20-8-2-4-10-22(20)26)7-5-11-23(27)25-12-14-28-15-13-25;1-13(23-20(27)12-28-21-25-24-15(3)29-21)18-11-22-26(14(18)2)19-10-6-8-16-7-4-5-9-17(16)19;1-12-6-5-7-13(2)19(12)22-18(23)11-26-17-10-16(20(24)25)21-15-9-4-3-8-14(15)17/h8-13,16-17H,4-7,14-15H2,1-3H3,(H,27,29);5-8,10,12-14,16H,3-4,9,11,15,17H2,1-2H3;1-4,6,8-10,16H,5,7,11-15,17H2;4-11,13H,12H2,1-3H3,(H,23,27);3-10H,11H2,1-2H3,(H,22,23)(H,24,25)/t;;;13-;/m...1./s1. The highest BCUT2D eigenvalue weighted by atomic mass is 35.5. The van der Waals surface area contributed by atoms with Gasteiger partial charge in [-0.25, -0.2) is 14.5 Å². The van der Waals surface area contributed by atoms with Crippen LogP contribution in [0.25, 0.3) is 54.9 Å². The van der Waals surface area contributed by atoms with Gasteiger partial charge < -0.3 is 68.4 Å². The summed E-state index contributed by atoms with van der Waals surface area (Å²) in [5, 5.41) is 37.3. The van der Waals surface area contributed by atoms with Crippen LogP contribution in [0.4, 0.5) is 11.4 Å². The summed E-state index contributed by atoms with van der Waals surface area (Å²) in [5.41, 5.74) is 20.0. The molecular formula is C115H121ClN14O13S2. The Morgan fingerprint density at radius 2 is 1.28 bits per heavy atom. The summed E-state index contributed by atoms with van der Waals surface area (Å²) in [6.07, 6.45) is 15.5. The fraction of sp³-hybridized carbons (Fsp3) is 0.287. The number of ether oxygens (including phenoxy) is 4. The van der Waals surface area contributed by atoms with Gasteiger partial charge in [-0.15, -0.1) is 10.2 Å². The highest BCUT2D eigenvalue weighted by Crippen LogP contribution is 2.36. The Morgan fingerprint density at radius 1 is 0.614 bits per heavy atom.